The van der Waals surface area contributed by atoms with Crippen molar-refractivity contribution in [1.29, 1.82) is 0 Å². The first kappa shape index (κ1) is 27.3. The number of anilines is 3. The molecule has 0 unspecified atom stereocenters. The first-order chi connectivity index (χ1) is 17.9. The van der Waals surface area contributed by atoms with Crippen molar-refractivity contribution in [1.82, 2.24) is 10.3 Å². The van der Waals surface area contributed by atoms with Crippen molar-refractivity contribution in [3.8, 4) is 11.1 Å². The smallest absolute Gasteiger partial charge is 0.321 e. The van der Waals surface area contributed by atoms with Crippen molar-refractivity contribution in [2.24, 2.45) is 0 Å². The van der Waals surface area contributed by atoms with Crippen molar-refractivity contribution < 1.29 is 26.8 Å². The van der Waals surface area contributed by atoms with Gasteiger partial charge in [-0.2, -0.15) is 0 Å². The van der Waals surface area contributed by atoms with Gasteiger partial charge in [0.25, 0.3) is 0 Å². The second-order valence-corrected chi connectivity index (χ2v) is 11.0. The number of carbonyl (C=O) groups excluding carboxylic acids is 2. The number of nitrogens with one attached hydrogen (secondary N) is 3. The van der Waals surface area contributed by atoms with Crippen LogP contribution < -0.4 is 20.3 Å². The lowest BCUT2D eigenvalue weighted by molar-refractivity contribution is -0.121. The maximum Gasteiger partial charge on any atom is 0.321 e. The van der Waals surface area contributed by atoms with Crippen LogP contribution in [0.15, 0.2) is 48.7 Å². The van der Waals surface area contributed by atoms with Crippen molar-refractivity contribution in [2.45, 2.75) is 25.8 Å². The molecule has 9 nitrogen and oxygen atoms in total. The number of aryl methyl sites for hydroxylation is 1. The Kier molecular flexibility index (Phi) is 7.83. The fourth-order valence-electron chi connectivity index (χ4n) is 4.23. The fraction of sp³-hybridized carbons (Fsp3) is 0.240. The van der Waals surface area contributed by atoms with Gasteiger partial charge in [0.05, 0.1) is 17.0 Å². The largest absolute Gasteiger partial charge is 0.326 e. The maximum atomic E-state index is 15.4. The summed E-state index contributed by atoms with van der Waals surface area (Å²) in [6.45, 7) is 2.01. The topological polar surface area (TPSA) is 120 Å². The number of carbonyl (C=O) groups is 2. The summed E-state index contributed by atoms with van der Waals surface area (Å²) < 4.78 is 55.2. The van der Waals surface area contributed by atoms with Gasteiger partial charge in [-0.25, -0.2) is 27.0 Å². The van der Waals surface area contributed by atoms with Crippen molar-refractivity contribution in [2.75, 3.05) is 27.7 Å². The molecule has 3 aromatic rings. The Morgan fingerprint density at radius 2 is 1.87 bits per heavy atom. The van der Waals surface area contributed by atoms with E-state index in [1.165, 1.54) is 23.2 Å². The molecule has 38 heavy (non-hydrogen) atoms. The predicted molar refractivity (Wildman–Crippen MR) is 142 cm³/mol. The summed E-state index contributed by atoms with van der Waals surface area (Å²) in [6.07, 6.45) is 3.03. The van der Waals surface area contributed by atoms with Gasteiger partial charge in [-0.05, 0) is 49.6 Å². The standard InChI is InChI=1S/C25H24ClF2N5O4S/c1-14-10-17(16-6-3-4-7-20(16)32-38(2,36)37)18(27)12-22(14)33-9-5-8-21(24(33)34)30-25(35)31-23-19(28)11-15(26)13-29-23/h3-4,6-7,10-13,21,32H,5,8-9H2,1-2H3,(H2,29,30,31,35)/t21-/m1/s1. The highest BCUT2D eigenvalue weighted by Crippen LogP contribution is 2.35. The van der Waals surface area contributed by atoms with Crippen LogP contribution in [-0.4, -0.2) is 44.2 Å². The highest BCUT2D eigenvalue weighted by atomic mass is 35.5. The fourth-order valence-corrected chi connectivity index (χ4v) is 4.95. The van der Waals surface area contributed by atoms with Crippen LogP contribution in [0.1, 0.15) is 18.4 Å². The number of para-hydroxylation sites is 1. The summed E-state index contributed by atoms with van der Waals surface area (Å²) in [7, 11) is -3.60. The third kappa shape index (κ3) is 6.20. The lowest BCUT2D eigenvalue weighted by Crippen LogP contribution is -2.53. The number of hydrogen-bond acceptors (Lipinski definition) is 5. The number of benzene rings is 2. The van der Waals surface area contributed by atoms with E-state index in [4.69, 9.17) is 11.6 Å². The lowest BCUT2D eigenvalue weighted by atomic mass is 9.98. The van der Waals surface area contributed by atoms with Gasteiger partial charge in [-0.3, -0.25) is 14.8 Å². The number of nitrogens with zero attached hydrogens (tertiary/aromatic N) is 2. The van der Waals surface area contributed by atoms with Crippen LogP contribution in [0, 0.1) is 18.6 Å². The molecular formula is C25H24ClF2N5O4S. The third-order valence-corrected chi connectivity index (χ3v) is 6.67. The zero-order chi connectivity index (χ0) is 27.6. The van der Waals surface area contributed by atoms with Crippen molar-refractivity contribution in [3.05, 3.63) is 70.9 Å². The highest BCUT2D eigenvalue weighted by Gasteiger charge is 2.32. The predicted octanol–water partition coefficient (Wildman–Crippen LogP) is 4.68. The van der Waals surface area contributed by atoms with E-state index in [9.17, 15) is 22.4 Å². The molecule has 1 aromatic heterocycles. The monoisotopic (exact) mass is 563 g/mol. The van der Waals surface area contributed by atoms with Gasteiger partial charge in [0, 0.05) is 29.6 Å². The molecule has 0 bridgehead atoms. The summed E-state index contributed by atoms with van der Waals surface area (Å²) >= 11 is 5.67. The van der Waals surface area contributed by atoms with E-state index in [2.05, 4.69) is 20.3 Å². The van der Waals surface area contributed by atoms with E-state index in [1.54, 1.807) is 31.2 Å². The molecule has 1 aliphatic heterocycles. The lowest BCUT2D eigenvalue weighted by Gasteiger charge is -2.33. The Hall–Kier alpha value is -3.77. The molecule has 4 rings (SSSR count). The molecule has 3 amide bonds. The zero-order valence-corrected chi connectivity index (χ0v) is 22.0. The van der Waals surface area contributed by atoms with E-state index in [1.807, 2.05) is 0 Å². The molecule has 0 saturated carbocycles. The summed E-state index contributed by atoms with van der Waals surface area (Å²) in [4.78, 5) is 30.8. The number of piperidine rings is 1. The van der Waals surface area contributed by atoms with Crippen LogP contribution in [-0.2, 0) is 14.8 Å². The van der Waals surface area contributed by atoms with E-state index >= 15 is 4.39 Å². The molecule has 1 atom stereocenters. The molecule has 13 heteroatoms. The minimum absolute atomic E-state index is 0.0651. The van der Waals surface area contributed by atoms with Gasteiger partial charge in [0.2, 0.25) is 15.9 Å². The van der Waals surface area contributed by atoms with Gasteiger partial charge in [0.1, 0.15) is 11.9 Å². The highest BCUT2D eigenvalue weighted by molar-refractivity contribution is 7.92. The molecule has 1 aliphatic rings. The van der Waals surface area contributed by atoms with Gasteiger partial charge in [-0.1, -0.05) is 29.8 Å². The molecule has 3 N–H and O–H groups in total. The zero-order valence-electron chi connectivity index (χ0n) is 20.4. The first-order valence-corrected chi connectivity index (χ1v) is 13.8. The van der Waals surface area contributed by atoms with Crippen molar-refractivity contribution in [3.63, 3.8) is 0 Å². The molecule has 1 fully saturated rings. The van der Waals surface area contributed by atoms with Gasteiger partial charge in [-0.15, -0.1) is 0 Å². The minimum atomic E-state index is -3.60. The second-order valence-electron chi connectivity index (χ2n) is 8.81. The molecule has 0 aliphatic carbocycles. The number of amides is 3. The first-order valence-electron chi connectivity index (χ1n) is 11.5. The average molecular weight is 564 g/mol. The number of rotatable bonds is 6. The van der Waals surface area contributed by atoms with Crippen LogP contribution in [0.5, 0.6) is 0 Å². The SMILES string of the molecule is Cc1cc(-c2ccccc2NS(C)(=O)=O)c(F)cc1N1CCC[C@@H](NC(=O)Nc2ncc(Cl)cc2F)C1=O. The Morgan fingerprint density at radius 3 is 2.58 bits per heavy atom. The molecule has 200 valence electrons. The maximum absolute atomic E-state index is 15.4. The molecule has 0 radical (unpaired) electrons. The van der Waals surface area contributed by atoms with Crippen LogP contribution in [0.25, 0.3) is 11.1 Å². The van der Waals surface area contributed by atoms with Crippen LogP contribution in [0.3, 0.4) is 0 Å². The number of hydrogen-bond donors (Lipinski definition) is 3. The Morgan fingerprint density at radius 1 is 1.13 bits per heavy atom. The van der Waals surface area contributed by atoms with Crippen LogP contribution in [0.4, 0.5) is 30.8 Å². The summed E-state index contributed by atoms with van der Waals surface area (Å²) in [6, 6.07) is 8.40. The van der Waals surface area contributed by atoms with Gasteiger partial charge in [0.15, 0.2) is 11.6 Å². The minimum Gasteiger partial charge on any atom is -0.326 e. The summed E-state index contributed by atoms with van der Waals surface area (Å²) in [5.41, 5.74) is 1.61. The number of halogens is 3. The molecule has 0 spiro atoms. The number of pyridine rings is 1. The van der Waals surface area contributed by atoms with E-state index in [-0.39, 0.29) is 22.1 Å². The Balaban J connectivity index is 1.55. The number of sulfonamides is 1. The van der Waals surface area contributed by atoms with E-state index < -0.39 is 39.6 Å². The second kappa shape index (κ2) is 10.9. The normalized spacial score (nSPS) is 15.8. The average Bonchev–Trinajstić information content (AvgIpc) is 2.83. The van der Waals surface area contributed by atoms with Gasteiger partial charge >= 0.3 is 6.03 Å². The Labute approximate surface area is 223 Å². The summed E-state index contributed by atoms with van der Waals surface area (Å²) in [5, 5.41) is 4.84. The van der Waals surface area contributed by atoms with Crippen LogP contribution >= 0.6 is 11.6 Å². The molecular weight excluding hydrogens is 540 g/mol. The molecule has 2 aromatic carbocycles. The van der Waals surface area contributed by atoms with Crippen molar-refractivity contribution >= 4 is 50.8 Å². The van der Waals surface area contributed by atoms with Crippen LogP contribution in [0.2, 0.25) is 5.02 Å². The Bertz CT molecular complexity index is 1520. The quantitative estimate of drug-likeness (QED) is 0.402. The van der Waals surface area contributed by atoms with E-state index in [0.29, 0.717) is 36.2 Å². The third-order valence-electron chi connectivity index (χ3n) is 5.87. The van der Waals surface area contributed by atoms with Gasteiger partial charge < -0.3 is 10.2 Å². The number of urea groups is 1. The van der Waals surface area contributed by atoms with E-state index in [0.717, 1.165) is 12.3 Å². The summed E-state index contributed by atoms with van der Waals surface area (Å²) in [5.74, 6) is -2.28. The number of aromatic nitrogens is 1. The molecule has 2 heterocycles. The molecule has 1 saturated heterocycles.